The van der Waals surface area contributed by atoms with Gasteiger partial charge in [-0.15, -0.1) is 0 Å². The zero-order chi connectivity index (χ0) is 31.1. The monoisotopic (exact) mass is 687 g/mol. The van der Waals surface area contributed by atoms with Crippen molar-refractivity contribution in [2.75, 3.05) is 17.4 Å². The number of alkyl halides is 3. The number of sulfonamides is 1. The Kier molecular flexibility index (Phi) is 11.4. The van der Waals surface area contributed by atoms with Crippen molar-refractivity contribution in [2.24, 2.45) is 0 Å². The number of nitrogens with zero attached hydrogens (tertiary/aromatic N) is 2. The van der Waals surface area contributed by atoms with Crippen LogP contribution in [0.25, 0.3) is 0 Å². The molecule has 2 amide bonds. The van der Waals surface area contributed by atoms with Crippen LogP contribution < -0.4 is 9.62 Å². The Hall–Kier alpha value is -3.09. The molecule has 1 atom stereocenters. The molecule has 1 N–H and O–H groups in total. The van der Waals surface area contributed by atoms with Crippen molar-refractivity contribution in [2.45, 2.75) is 50.3 Å². The number of rotatable bonds is 12. The quantitative estimate of drug-likeness (QED) is 0.216. The molecule has 13 heteroatoms. The first-order valence-corrected chi connectivity index (χ1v) is 15.6. The highest BCUT2D eigenvalue weighted by Gasteiger charge is 2.37. The topological polar surface area (TPSA) is 86.8 Å². The Labute approximate surface area is 256 Å². The molecule has 0 aromatic heterocycles. The molecule has 0 saturated heterocycles. The summed E-state index contributed by atoms with van der Waals surface area (Å²) < 4.78 is 70.1. The van der Waals surface area contributed by atoms with E-state index in [1.54, 1.807) is 30.3 Å². The van der Waals surface area contributed by atoms with Crippen LogP contribution in [0.1, 0.15) is 37.8 Å². The van der Waals surface area contributed by atoms with Gasteiger partial charge in [0.05, 0.1) is 21.2 Å². The molecule has 0 fully saturated rings. The Morgan fingerprint density at radius 3 is 2.26 bits per heavy atom. The molecule has 3 aromatic carbocycles. The number of amides is 2. The van der Waals surface area contributed by atoms with E-state index in [-0.39, 0.29) is 11.4 Å². The van der Waals surface area contributed by atoms with Gasteiger partial charge in [0.25, 0.3) is 10.0 Å². The fourth-order valence-electron chi connectivity index (χ4n) is 4.04. The number of nitrogens with one attached hydrogen (secondary N) is 1. The number of anilines is 1. The van der Waals surface area contributed by atoms with Gasteiger partial charge in [-0.3, -0.25) is 13.9 Å². The molecule has 0 unspecified atom stereocenters. The van der Waals surface area contributed by atoms with Gasteiger partial charge in [0.15, 0.2) is 0 Å². The number of hydrogen-bond donors (Lipinski definition) is 1. The van der Waals surface area contributed by atoms with Crippen molar-refractivity contribution in [1.82, 2.24) is 10.2 Å². The van der Waals surface area contributed by atoms with Gasteiger partial charge in [-0.25, -0.2) is 8.42 Å². The van der Waals surface area contributed by atoms with Gasteiger partial charge in [-0.1, -0.05) is 71.2 Å². The standard InChI is InChI=1S/C29H30BrClF3N3O4S/c1-3-4-16-35-28(39)20(2)36(18-21-10-12-22(30)13-11-21)27(38)19-37(42(40,41)24-8-6-5-7-9-24)23-14-15-26(31)25(17-23)29(32,33)34/h5-15,17,20H,3-4,16,18-19H2,1-2H3,(H,35,39)/t20-/m1/s1. The molecule has 0 spiro atoms. The van der Waals surface area contributed by atoms with Gasteiger partial charge in [-0.2, -0.15) is 13.2 Å². The average molecular weight is 689 g/mol. The molecule has 7 nitrogen and oxygen atoms in total. The van der Waals surface area contributed by atoms with Gasteiger partial charge in [0.1, 0.15) is 12.6 Å². The Balaban J connectivity index is 2.07. The number of halogens is 5. The van der Waals surface area contributed by atoms with E-state index in [0.717, 1.165) is 29.4 Å². The molecular formula is C29H30BrClF3N3O4S. The van der Waals surface area contributed by atoms with Crippen LogP contribution in [-0.2, 0) is 32.3 Å². The van der Waals surface area contributed by atoms with Crippen LogP contribution in [0.5, 0.6) is 0 Å². The van der Waals surface area contributed by atoms with Gasteiger partial charge >= 0.3 is 6.18 Å². The Morgan fingerprint density at radius 2 is 1.67 bits per heavy atom. The smallest absolute Gasteiger partial charge is 0.354 e. The summed E-state index contributed by atoms with van der Waals surface area (Å²) in [5.74, 6) is -1.24. The lowest BCUT2D eigenvalue weighted by Gasteiger charge is -2.32. The second kappa shape index (κ2) is 14.4. The zero-order valence-corrected chi connectivity index (χ0v) is 26.0. The van der Waals surface area contributed by atoms with E-state index in [0.29, 0.717) is 22.5 Å². The molecular weight excluding hydrogens is 659 g/mol. The molecule has 226 valence electrons. The third-order valence-electron chi connectivity index (χ3n) is 6.42. The lowest BCUT2D eigenvalue weighted by Crippen LogP contribution is -2.51. The number of unbranched alkanes of at least 4 members (excludes halogenated alkanes) is 1. The molecule has 0 aliphatic heterocycles. The van der Waals surface area contributed by atoms with E-state index in [1.807, 2.05) is 6.92 Å². The molecule has 0 aliphatic rings. The van der Waals surface area contributed by atoms with Crippen molar-refractivity contribution >= 4 is 55.1 Å². The predicted molar refractivity (Wildman–Crippen MR) is 159 cm³/mol. The van der Waals surface area contributed by atoms with Crippen LogP contribution in [0.3, 0.4) is 0 Å². The number of benzene rings is 3. The number of carbonyl (C=O) groups is 2. The molecule has 42 heavy (non-hydrogen) atoms. The van der Waals surface area contributed by atoms with E-state index in [9.17, 15) is 31.2 Å². The fraction of sp³-hybridized carbons (Fsp3) is 0.310. The van der Waals surface area contributed by atoms with Crippen LogP contribution in [0.4, 0.5) is 18.9 Å². The van der Waals surface area contributed by atoms with E-state index in [2.05, 4.69) is 21.2 Å². The minimum absolute atomic E-state index is 0.0535. The zero-order valence-electron chi connectivity index (χ0n) is 22.9. The van der Waals surface area contributed by atoms with Crippen LogP contribution in [0.2, 0.25) is 5.02 Å². The molecule has 3 rings (SSSR count). The average Bonchev–Trinajstić information content (AvgIpc) is 2.95. The van der Waals surface area contributed by atoms with Crippen LogP contribution in [0, 0.1) is 0 Å². The SMILES string of the molecule is CCCCNC(=O)[C@@H](C)N(Cc1ccc(Br)cc1)C(=O)CN(c1ccc(Cl)c(C(F)(F)F)c1)S(=O)(=O)c1ccccc1. The summed E-state index contributed by atoms with van der Waals surface area (Å²) in [6, 6.07) is 15.6. The molecule has 0 aliphatic carbocycles. The third kappa shape index (κ3) is 8.48. The highest BCUT2D eigenvalue weighted by atomic mass is 79.9. The number of carbonyl (C=O) groups excluding carboxylic acids is 2. The fourth-order valence-corrected chi connectivity index (χ4v) is 5.96. The molecule has 0 bridgehead atoms. The summed E-state index contributed by atoms with van der Waals surface area (Å²) in [5, 5.41) is 2.15. The minimum atomic E-state index is -4.88. The first kappa shape index (κ1) is 33.4. The summed E-state index contributed by atoms with van der Waals surface area (Å²) in [6.07, 6.45) is -3.32. The summed E-state index contributed by atoms with van der Waals surface area (Å²) in [7, 11) is -4.53. The van der Waals surface area contributed by atoms with Crippen molar-refractivity contribution in [3.05, 3.63) is 93.4 Å². The van der Waals surface area contributed by atoms with Crippen molar-refractivity contribution < 1.29 is 31.2 Å². The highest BCUT2D eigenvalue weighted by molar-refractivity contribution is 9.10. The van der Waals surface area contributed by atoms with E-state index >= 15 is 0 Å². The van der Waals surface area contributed by atoms with Gasteiger partial charge in [0.2, 0.25) is 11.8 Å². The second-order valence-corrected chi connectivity index (χ2v) is 12.6. The summed E-state index contributed by atoms with van der Waals surface area (Å²) in [4.78, 5) is 27.9. The van der Waals surface area contributed by atoms with E-state index < -0.39 is 56.9 Å². The maximum Gasteiger partial charge on any atom is 0.417 e. The summed E-state index contributed by atoms with van der Waals surface area (Å²) in [6.45, 7) is 2.93. The van der Waals surface area contributed by atoms with Crippen molar-refractivity contribution in [1.29, 1.82) is 0 Å². The maximum atomic E-state index is 13.9. The van der Waals surface area contributed by atoms with E-state index in [4.69, 9.17) is 11.6 Å². The molecule has 0 heterocycles. The first-order valence-electron chi connectivity index (χ1n) is 13.0. The van der Waals surface area contributed by atoms with Crippen LogP contribution >= 0.6 is 27.5 Å². The van der Waals surface area contributed by atoms with Gasteiger partial charge in [-0.05, 0) is 61.4 Å². The predicted octanol–water partition coefficient (Wildman–Crippen LogP) is 6.65. The minimum Gasteiger partial charge on any atom is -0.354 e. The largest absolute Gasteiger partial charge is 0.417 e. The van der Waals surface area contributed by atoms with Crippen molar-refractivity contribution in [3.8, 4) is 0 Å². The maximum absolute atomic E-state index is 13.9. The van der Waals surface area contributed by atoms with E-state index in [1.165, 1.54) is 36.1 Å². The van der Waals surface area contributed by atoms with Crippen LogP contribution in [-0.4, -0.2) is 44.3 Å². The Bertz CT molecular complexity index is 1490. The molecule has 3 aromatic rings. The van der Waals surface area contributed by atoms with Gasteiger partial charge in [0, 0.05) is 17.6 Å². The van der Waals surface area contributed by atoms with Crippen LogP contribution in [0.15, 0.2) is 82.2 Å². The Morgan fingerprint density at radius 1 is 1.02 bits per heavy atom. The first-order chi connectivity index (χ1) is 19.8. The van der Waals surface area contributed by atoms with Gasteiger partial charge < -0.3 is 10.2 Å². The summed E-state index contributed by atoms with van der Waals surface area (Å²) >= 11 is 9.14. The molecule has 0 saturated carbocycles. The van der Waals surface area contributed by atoms with Crippen molar-refractivity contribution in [3.63, 3.8) is 0 Å². The number of hydrogen-bond acceptors (Lipinski definition) is 4. The normalized spacial score (nSPS) is 12.5. The highest BCUT2D eigenvalue weighted by Crippen LogP contribution is 2.38. The lowest BCUT2D eigenvalue weighted by molar-refractivity contribution is -0.139. The summed E-state index contributed by atoms with van der Waals surface area (Å²) in [5.41, 5.74) is -1.01. The molecule has 0 radical (unpaired) electrons. The lowest BCUT2D eigenvalue weighted by atomic mass is 10.1. The second-order valence-electron chi connectivity index (χ2n) is 9.46. The third-order valence-corrected chi connectivity index (χ3v) is 9.06.